The van der Waals surface area contributed by atoms with Gasteiger partial charge in [0.2, 0.25) is 0 Å². The van der Waals surface area contributed by atoms with Gasteiger partial charge in [-0.05, 0) is 25.5 Å². The minimum Gasteiger partial charge on any atom is -0.496 e. The van der Waals surface area contributed by atoms with E-state index in [2.05, 4.69) is 46.1 Å². The van der Waals surface area contributed by atoms with Crippen LogP contribution >= 0.6 is 0 Å². The molecule has 3 heterocycles. The number of rotatable bonds is 5. The van der Waals surface area contributed by atoms with Crippen LogP contribution in [0.1, 0.15) is 43.0 Å². The van der Waals surface area contributed by atoms with Crippen molar-refractivity contribution in [3.8, 4) is 11.5 Å². The van der Waals surface area contributed by atoms with Crippen LogP contribution < -0.4 is 14.8 Å². The molecular weight excluding hydrogens is 316 g/mol. The van der Waals surface area contributed by atoms with Gasteiger partial charge in [-0.15, -0.1) is 10.2 Å². The molecule has 0 radical (unpaired) electrons. The highest BCUT2D eigenvalue weighted by Crippen LogP contribution is 2.35. The van der Waals surface area contributed by atoms with Crippen molar-refractivity contribution in [2.45, 2.75) is 64.8 Å². The van der Waals surface area contributed by atoms with Crippen molar-refractivity contribution in [1.82, 2.24) is 20.1 Å². The molecule has 0 fully saturated rings. The van der Waals surface area contributed by atoms with E-state index in [0.717, 1.165) is 67.5 Å². The van der Waals surface area contributed by atoms with E-state index in [1.165, 1.54) is 5.56 Å². The standard InChI is InChI=1S/C19H26N4O2/c1-4-18-21-22-19-6-5-15(11-23(18)19)20-10-14-9-17-13(7-12(2)25-17)8-16(14)24-3/h8-9,12,15,20H,4-7,10-11H2,1-3H3/t12-,15+/m1/s1. The molecule has 0 amide bonds. The van der Waals surface area contributed by atoms with Gasteiger partial charge in [0, 0.05) is 49.5 Å². The van der Waals surface area contributed by atoms with Crippen LogP contribution in [0.4, 0.5) is 0 Å². The highest BCUT2D eigenvalue weighted by atomic mass is 16.5. The van der Waals surface area contributed by atoms with E-state index >= 15 is 0 Å². The number of hydrogen-bond acceptors (Lipinski definition) is 5. The Labute approximate surface area is 148 Å². The first-order valence-corrected chi connectivity index (χ1v) is 9.18. The van der Waals surface area contributed by atoms with Crippen LogP contribution in [0.2, 0.25) is 0 Å². The van der Waals surface area contributed by atoms with Crippen molar-refractivity contribution in [2.75, 3.05) is 7.11 Å². The Balaban J connectivity index is 1.46. The smallest absolute Gasteiger partial charge is 0.133 e. The first kappa shape index (κ1) is 16.4. The number of hydrogen-bond donors (Lipinski definition) is 1. The predicted octanol–water partition coefficient (Wildman–Crippen LogP) is 2.28. The van der Waals surface area contributed by atoms with Crippen LogP contribution in [0.15, 0.2) is 12.1 Å². The molecule has 6 nitrogen and oxygen atoms in total. The van der Waals surface area contributed by atoms with Crippen molar-refractivity contribution in [1.29, 1.82) is 0 Å². The molecular formula is C19H26N4O2. The highest BCUT2D eigenvalue weighted by Gasteiger charge is 2.24. The summed E-state index contributed by atoms with van der Waals surface area (Å²) in [7, 11) is 1.74. The van der Waals surface area contributed by atoms with Gasteiger partial charge in [0.05, 0.1) is 7.11 Å². The van der Waals surface area contributed by atoms with Crippen molar-refractivity contribution in [3.05, 3.63) is 34.9 Å². The monoisotopic (exact) mass is 342 g/mol. The van der Waals surface area contributed by atoms with E-state index < -0.39 is 0 Å². The van der Waals surface area contributed by atoms with Crippen LogP contribution in [-0.4, -0.2) is 34.0 Å². The maximum Gasteiger partial charge on any atom is 0.133 e. The van der Waals surface area contributed by atoms with Gasteiger partial charge >= 0.3 is 0 Å². The largest absolute Gasteiger partial charge is 0.496 e. The second kappa shape index (κ2) is 6.67. The lowest BCUT2D eigenvalue weighted by Crippen LogP contribution is -2.37. The Kier molecular flexibility index (Phi) is 4.37. The van der Waals surface area contributed by atoms with E-state index in [1.54, 1.807) is 7.11 Å². The summed E-state index contributed by atoms with van der Waals surface area (Å²) < 4.78 is 13.8. The Morgan fingerprint density at radius 2 is 2.24 bits per heavy atom. The average molecular weight is 342 g/mol. The van der Waals surface area contributed by atoms with Crippen LogP contribution in [0.25, 0.3) is 0 Å². The van der Waals surface area contributed by atoms with Gasteiger partial charge in [-0.25, -0.2) is 0 Å². The average Bonchev–Trinajstić information content (AvgIpc) is 3.19. The third kappa shape index (κ3) is 3.11. The van der Waals surface area contributed by atoms with Gasteiger partial charge in [-0.3, -0.25) is 0 Å². The summed E-state index contributed by atoms with van der Waals surface area (Å²) in [4.78, 5) is 0. The van der Waals surface area contributed by atoms with Gasteiger partial charge in [-0.2, -0.15) is 0 Å². The highest BCUT2D eigenvalue weighted by molar-refractivity contribution is 5.48. The van der Waals surface area contributed by atoms with Crippen molar-refractivity contribution in [3.63, 3.8) is 0 Å². The third-order valence-corrected chi connectivity index (χ3v) is 5.22. The third-order valence-electron chi connectivity index (χ3n) is 5.22. The Morgan fingerprint density at radius 3 is 3.04 bits per heavy atom. The Hall–Kier alpha value is -2.08. The second-order valence-electron chi connectivity index (χ2n) is 7.02. The number of benzene rings is 1. The fraction of sp³-hybridized carbons (Fsp3) is 0.579. The lowest BCUT2D eigenvalue weighted by Gasteiger charge is -2.25. The molecule has 25 heavy (non-hydrogen) atoms. The van der Waals surface area contributed by atoms with Crippen LogP contribution in [0.3, 0.4) is 0 Å². The molecule has 2 atom stereocenters. The predicted molar refractivity (Wildman–Crippen MR) is 95.1 cm³/mol. The maximum atomic E-state index is 5.90. The van der Waals surface area contributed by atoms with E-state index in [9.17, 15) is 0 Å². The molecule has 0 saturated carbocycles. The number of aromatic nitrogens is 3. The number of nitrogens with zero attached hydrogens (tertiary/aromatic N) is 3. The van der Waals surface area contributed by atoms with E-state index in [1.807, 2.05) is 0 Å². The van der Waals surface area contributed by atoms with Crippen molar-refractivity contribution in [2.24, 2.45) is 0 Å². The molecule has 1 aromatic carbocycles. The number of methoxy groups -OCH3 is 1. The van der Waals surface area contributed by atoms with Gasteiger partial charge in [0.1, 0.15) is 29.3 Å². The summed E-state index contributed by atoms with van der Waals surface area (Å²) in [5.74, 6) is 4.15. The fourth-order valence-electron chi connectivity index (χ4n) is 3.88. The molecule has 4 rings (SSSR count). The molecule has 0 aliphatic carbocycles. The second-order valence-corrected chi connectivity index (χ2v) is 7.02. The molecule has 134 valence electrons. The van der Waals surface area contributed by atoms with Crippen LogP contribution in [-0.2, 0) is 32.4 Å². The molecule has 0 bridgehead atoms. The molecule has 0 spiro atoms. The first-order valence-electron chi connectivity index (χ1n) is 9.18. The maximum absolute atomic E-state index is 5.90. The Bertz CT molecular complexity index is 758. The summed E-state index contributed by atoms with van der Waals surface area (Å²) in [5.41, 5.74) is 2.40. The lowest BCUT2D eigenvalue weighted by molar-refractivity contribution is 0.254. The summed E-state index contributed by atoms with van der Waals surface area (Å²) >= 11 is 0. The topological polar surface area (TPSA) is 61.2 Å². The number of ether oxygens (including phenoxy) is 2. The fourth-order valence-corrected chi connectivity index (χ4v) is 3.88. The molecule has 1 N–H and O–H groups in total. The van der Waals surface area contributed by atoms with Crippen molar-refractivity contribution < 1.29 is 9.47 Å². The summed E-state index contributed by atoms with van der Waals surface area (Å²) in [6.07, 6.45) is 4.20. The summed E-state index contributed by atoms with van der Waals surface area (Å²) in [6, 6.07) is 4.69. The SMILES string of the molecule is CCc1nnc2n1C[C@@H](NCc1cc3c(cc1OC)C[C@@H](C)O3)CC2. The normalized spacial score (nSPS) is 21.6. The Morgan fingerprint density at radius 1 is 1.36 bits per heavy atom. The summed E-state index contributed by atoms with van der Waals surface area (Å²) in [5, 5.41) is 12.3. The lowest BCUT2D eigenvalue weighted by atomic mass is 10.0. The van der Waals surface area contributed by atoms with Gasteiger partial charge < -0.3 is 19.4 Å². The van der Waals surface area contributed by atoms with Gasteiger partial charge in [0.25, 0.3) is 0 Å². The van der Waals surface area contributed by atoms with E-state index in [4.69, 9.17) is 9.47 Å². The molecule has 2 aliphatic heterocycles. The van der Waals surface area contributed by atoms with Crippen LogP contribution in [0.5, 0.6) is 11.5 Å². The number of nitrogens with one attached hydrogen (secondary N) is 1. The molecule has 2 aliphatic rings. The zero-order valence-corrected chi connectivity index (χ0v) is 15.2. The zero-order valence-electron chi connectivity index (χ0n) is 15.2. The number of fused-ring (bicyclic) bond motifs is 2. The molecule has 2 aromatic rings. The van der Waals surface area contributed by atoms with Crippen molar-refractivity contribution >= 4 is 0 Å². The zero-order chi connectivity index (χ0) is 17.4. The number of aryl methyl sites for hydroxylation is 2. The molecule has 6 heteroatoms. The van der Waals surface area contributed by atoms with Gasteiger partial charge in [-0.1, -0.05) is 6.92 Å². The first-order chi connectivity index (χ1) is 12.2. The molecule has 0 saturated heterocycles. The van der Waals surface area contributed by atoms with Gasteiger partial charge in [0.15, 0.2) is 0 Å². The van der Waals surface area contributed by atoms with E-state index in [0.29, 0.717) is 6.04 Å². The van der Waals surface area contributed by atoms with Crippen LogP contribution in [0, 0.1) is 0 Å². The minimum absolute atomic E-state index is 0.251. The summed E-state index contributed by atoms with van der Waals surface area (Å²) in [6.45, 7) is 5.95. The van der Waals surface area contributed by atoms with E-state index in [-0.39, 0.29) is 6.10 Å². The molecule has 0 unspecified atom stereocenters. The quantitative estimate of drug-likeness (QED) is 0.903. The minimum atomic E-state index is 0.251. The molecule has 1 aromatic heterocycles.